The Hall–Kier alpha value is -1.50. The molecular formula is C11H7Cl2N3. The Kier molecular flexibility index (Phi) is 3.14. The van der Waals surface area contributed by atoms with Gasteiger partial charge in [-0.3, -0.25) is 0 Å². The van der Waals surface area contributed by atoms with Crippen LogP contribution < -0.4 is 0 Å². The SMILES string of the molecule is N#CCc1ccc(-n2cc(Cl)cn2)c(Cl)c1. The highest BCUT2D eigenvalue weighted by molar-refractivity contribution is 6.32. The molecule has 0 aliphatic carbocycles. The lowest BCUT2D eigenvalue weighted by Crippen LogP contribution is -1.96. The molecule has 0 unspecified atom stereocenters. The molecule has 0 radical (unpaired) electrons. The molecule has 0 aliphatic heterocycles. The maximum atomic E-state index is 8.57. The molecule has 0 aliphatic rings. The molecule has 80 valence electrons. The summed E-state index contributed by atoms with van der Waals surface area (Å²) in [4.78, 5) is 0. The molecule has 1 heterocycles. The van der Waals surface area contributed by atoms with Crippen LogP contribution in [0.3, 0.4) is 0 Å². The first-order valence-electron chi connectivity index (χ1n) is 4.56. The number of hydrogen-bond donors (Lipinski definition) is 0. The van der Waals surface area contributed by atoms with Crippen LogP contribution >= 0.6 is 23.2 Å². The molecule has 0 fully saturated rings. The second kappa shape index (κ2) is 4.56. The van der Waals surface area contributed by atoms with E-state index in [4.69, 9.17) is 28.5 Å². The van der Waals surface area contributed by atoms with Crippen LogP contribution in [0.15, 0.2) is 30.6 Å². The predicted molar refractivity (Wildman–Crippen MR) is 62.9 cm³/mol. The maximum absolute atomic E-state index is 8.57. The topological polar surface area (TPSA) is 41.6 Å². The third kappa shape index (κ3) is 2.19. The van der Waals surface area contributed by atoms with E-state index in [1.165, 1.54) is 0 Å². The van der Waals surface area contributed by atoms with Crippen molar-refractivity contribution < 1.29 is 0 Å². The molecule has 1 aromatic heterocycles. The van der Waals surface area contributed by atoms with Crippen molar-refractivity contribution in [1.29, 1.82) is 5.26 Å². The highest BCUT2D eigenvalue weighted by atomic mass is 35.5. The van der Waals surface area contributed by atoms with Crippen LogP contribution in [-0.2, 0) is 6.42 Å². The highest BCUT2D eigenvalue weighted by Crippen LogP contribution is 2.22. The molecule has 0 bridgehead atoms. The third-order valence-electron chi connectivity index (χ3n) is 2.09. The van der Waals surface area contributed by atoms with Crippen molar-refractivity contribution in [1.82, 2.24) is 9.78 Å². The summed E-state index contributed by atoms with van der Waals surface area (Å²) in [5, 5.41) is 13.7. The second-order valence-corrected chi connectivity index (χ2v) is 4.07. The first-order valence-corrected chi connectivity index (χ1v) is 5.32. The zero-order valence-electron chi connectivity index (χ0n) is 8.19. The molecule has 0 spiro atoms. The van der Waals surface area contributed by atoms with E-state index in [1.54, 1.807) is 23.1 Å². The van der Waals surface area contributed by atoms with Gasteiger partial charge in [-0.05, 0) is 17.7 Å². The molecule has 0 amide bonds. The van der Waals surface area contributed by atoms with E-state index in [9.17, 15) is 0 Å². The van der Waals surface area contributed by atoms with Gasteiger partial charge in [-0.25, -0.2) is 4.68 Å². The summed E-state index contributed by atoms with van der Waals surface area (Å²) in [6.07, 6.45) is 3.56. The van der Waals surface area contributed by atoms with Crippen molar-refractivity contribution in [3.8, 4) is 11.8 Å². The van der Waals surface area contributed by atoms with Crippen LogP contribution in [-0.4, -0.2) is 9.78 Å². The summed E-state index contributed by atoms with van der Waals surface area (Å²) in [6, 6.07) is 7.50. The van der Waals surface area contributed by atoms with Gasteiger partial charge in [0, 0.05) is 6.20 Å². The Bertz CT molecular complexity index is 555. The van der Waals surface area contributed by atoms with Gasteiger partial charge in [0.2, 0.25) is 0 Å². The zero-order chi connectivity index (χ0) is 11.5. The first kappa shape index (κ1) is 11.0. The molecule has 2 rings (SSSR count). The van der Waals surface area contributed by atoms with Crippen LogP contribution in [0.5, 0.6) is 0 Å². The number of halogens is 2. The second-order valence-electron chi connectivity index (χ2n) is 3.22. The lowest BCUT2D eigenvalue weighted by Gasteiger charge is -2.05. The van der Waals surface area contributed by atoms with Crippen LogP contribution in [0.2, 0.25) is 10.0 Å². The summed E-state index contributed by atoms with van der Waals surface area (Å²) in [5.41, 5.74) is 1.63. The fourth-order valence-corrected chi connectivity index (χ4v) is 1.80. The van der Waals surface area contributed by atoms with Crippen molar-refractivity contribution in [2.24, 2.45) is 0 Å². The molecule has 5 heteroatoms. The quantitative estimate of drug-likeness (QED) is 0.823. The fraction of sp³-hybridized carbons (Fsp3) is 0.0909. The summed E-state index contributed by atoms with van der Waals surface area (Å²) in [6.45, 7) is 0. The van der Waals surface area contributed by atoms with Crippen LogP contribution in [0.25, 0.3) is 5.69 Å². The Morgan fingerprint density at radius 2 is 2.19 bits per heavy atom. The lowest BCUT2D eigenvalue weighted by molar-refractivity contribution is 0.880. The molecule has 2 aromatic rings. The van der Waals surface area contributed by atoms with E-state index in [2.05, 4.69) is 11.2 Å². The number of aromatic nitrogens is 2. The molecule has 1 aromatic carbocycles. The predicted octanol–water partition coefficient (Wildman–Crippen LogP) is 3.25. The average molecular weight is 252 g/mol. The molecule has 0 atom stereocenters. The van der Waals surface area contributed by atoms with Crippen LogP contribution in [0.1, 0.15) is 5.56 Å². The van der Waals surface area contributed by atoms with Crippen molar-refractivity contribution in [3.63, 3.8) is 0 Å². The number of hydrogen-bond acceptors (Lipinski definition) is 2. The van der Waals surface area contributed by atoms with Gasteiger partial charge in [-0.1, -0.05) is 29.3 Å². The van der Waals surface area contributed by atoms with E-state index in [1.807, 2.05) is 12.1 Å². The van der Waals surface area contributed by atoms with Gasteiger partial charge in [-0.2, -0.15) is 10.4 Å². The highest BCUT2D eigenvalue weighted by Gasteiger charge is 2.05. The summed E-state index contributed by atoms with van der Waals surface area (Å²) < 4.78 is 1.60. The maximum Gasteiger partial charge on any atom is 0.0832 e. The van der Waals surface area contributed by atoms with Gasteiger partial charge in [-0.15, -0.1) is 0 Å². The normalized spacial score (nSPS) is 10.1. The Labute approximate surface area is 103 Å². The third-order valence-corrected chi connectivity index (χ3v) is 2.59. The van der Waals surface area contributed by atoms with Crippen molar-refractivity contribution >= 4 is 23.2 Å². The van der Waals surface area contributed by atoms with Gasteiger partial charge >= 0.3 is 0 Å². The van der Waals surface area contributed by atoms with Gasteiger partial charge in [0.25, 0.3) is 0 Å². The van der Waals surface area contributed by atoms with Crippen molar-refractivity contribution in [2.45, 2.75) is 6.42 Å². The number of rotatable bonds is 2. The van der Waals surface area contributed by atoms with Crippen LogP contribution in [0, 0.1) is 11.3 Å². The van der Waals surface area contributed by atoms with E-state index in [-0.39, 0.29) is 0 Å². The van der Waals surface area contributed by atoms with Gasteiger partial charge < -0.3 is 0 Å². The molecular weight excluding hydrogens is 245 g/mol. The minimum Gasteiger partial charge on any atom is -0.238 e. The molecule has 16 heavy (non-hydrogen) atoms. The Morgan fingerprint density at radius 1 is 1.38 bits per heavy atom. The van der Waals surface area contributed by atoms with E-state index < -0.39 is 0 Å². The average Bonchev–Trinajstić information content (AvgIpc) is 2.65. The molecule has 0 saturated carbocycles. The molecule has 0 saturated heterocycles. The molecule has 3 nitrogen and oxygen atoms in total. The smallest absolute Gasteiger partial charge is 0.0832 e. The van der Waals surface area contributed by atoms with Crippen molar-refractivity contribution in [2.75, 3.05) is 0 Å². The zero-order valence-corrected chi connectivity index (χ0v) is 9.70. The Morgan fingerprint density at radius 3 is 2.75 bits per heavy atom. The minimum atomic E-state index is 0.347. The Balaban J connectivity index is 2.40. The summed E-state index contributed by atoms with van der Waals surface area (Å²) in [7, 11) is 0. The lowest BCUT2D eigenvalue weighted by atomic mass is 10.1. The van der Waals surface area contributed by atoms with Crippen molar-refractivity contribution in [3.05, 3.63) is 46.2 Å². The van der Waals surface area contributed by atoms with E-state index in [0.29, 0.717) is 16.5 Å². The van der Waals surface area contributed by atoms with E-state index in [0.717, 1.165) is 11.3 Å². The van der Waals surface area contributed by atoms with E-state index >= 15 is 0 Å². The number of benzene rings is 1. The largest absolute Gasteiger partial charge is 0.238 e. The first-order chi connectivity index (χ1) is 7.70. The fourth-order valence-electron chi connectivity index (χ4n) is 1.37. The number of nitrogens with zero attached hydrogens (tertiary/aromatic N) is 3. The van der Waals surface area contributed by atoms with Crippen LogP contribution in [0.4, 0.5) is 0 Å². The van der Waals surface area contributed by atoms with Gasteiger partial charge in [0.15, 0.2) is 0 Å². The molecule has 0 N–H and O–H groups in total. The summed E-state index contributed by atoms with van der Waals surface area (Å²) in [5.74, 6) is 0. The van der Waals surface area contributed by atoms with Gasteiger partial charge in [0.1, 0.15) is 0 Å². The minimum absolute atomic E-state index is 0.347. The standard InChI is InChI=1S/C11H7Cl2N3/c12-9-6-15-16(7-9)11-2-1-8(3-4-14)5-10(11)13/h1-2,5-7H,3H2. The monoisotopic (exact) mass is 251 g/mol. The summed E-state index contributed by atoms with van der Waals surface area (Å²) >= 11 is 11.9. The van der Waals surface area contributed by atoms with Gasteiger partial charge in [0.05, 0.1) is 34.4 Å². The number of nitriles is 1.